The van der Waals surface area contributed by atoms with Crippen LogP contribution in [0.2, 0.25) is 0 Å². The molecule has 0 aromatic carbocycles. The van der Waals surface area contributed by atoms with Crippen molar-refractivity contribution in [3.05, 3.63) is 11.7 Å². The van der Waals surface area contributed by atoms with Crippen molar-refractivity contribution in [3.8, 4) is 0 Å². The molecule has 2 atom stereocenters. The van der Waals surface area contributed by atoms with Crippen molar-refractivity contribution in [3.63, 3.8) is 0 Å². The number of hydrogen-bond acceptors (Lipinski definition) is 4. The number of nitrogens with zero attached hydrogens (tertiary/aromatic N) is 2. The van der Waals surface area contributed by atoms with Crippen LogP contribution in [0.4, 0.5) is 0 Å². The average molecular weight is 195 g/mol. The van der Waals surface area contributed by atoms with Crippen molar-refractivity contribution >= 4 is 0 Å². The molecular weight excluding hydrogens is 178 g/mol. The molecule has 1 saturated carbocycles. The molecule has 0 bridgehead atoms. The monoisotopic (exact) mass is 195 g/mol. The largest absolute Gasteiger partial charge is 0.338 e. The third-order valence-electron chi connectivity index (χ3n) is 2.59. The SMILES string of the molecule is CC(C)NCc1nc(C2CC2C)no1. The second-order valence-corrected chi connectivity index (χ2v) is 4.40. The lowest BCUT2D eigenvalue weighted by Gasteiger charge is -2.02. The summed E-state index contributed by atoms with van der Waals surface area (Å²) >= 11 is 0. The average Bonchev–Trinajstić information content (AvgIpc) is 2.68. The zero-order valence-electron chi connectivity index (χ0n) is 8.95. The van der Waals surface area contributed by atoms with Gasteiger partial charge in [-0.25, -0.2) is 0 Å². The Balaban J connectivity index is 1.90. The summed E-state index contributed by atoms with van der Waals surface area (Å²) in [6, 6.07) is 0.449. The van der Waals surface area contributed by atoms with Crippen molar-refractivity contribution in [2.45, 2.75) is 45.7 Å². The van der Waals surface area contributed by atoms with Gasteiger partial charge in [-0.05, 0) is 12.3 Å². The number of nitrogens with one attached hydrogen (secondary N) is 1. The standard InChI is InChI=1S/C10H17N3O/c1-6(2)11-5-9-12-10(13-14-9)8-4-7(8)3/h6-8,11H,4-5H2,1-3H3. The van der Waals surface area contributed by atoms with Crippen LogP contribution in [0.3, 0.4) is 0 Å². The summed E-state index contributed by atoms with van der Waals surface area (Å²) in [6.45, 7) is 7.08. The first-order valence-corrected chi connectivity index (χ1v) is 5.22. The Morgan fingerprint density at radius 3 is 2.86 bits per heavy atom. The normalized spacial score (nSPS) is 25.7. The maximum absolute atomic E-state index is 5.14. The van der Waals surface area contributed by atoms with Crippen molar-refractivity contribution in [2.24, 2.45) is 5.92 Å². The summed E-state index contributed by atoms with van der Waals surface area (Å²) in [5.74, 6) is 2.87. The van der Waals surface area contributed by atoms with Crippen LogP contribution in [0.15, 0.2) is 4.52 Å². The second-order valence-electron chi connectivity index (χ2n) is 4.40. The van der Waals surface area contributed by atoms with Gasteiger partial charge in [0.15, 0.2) is 5.82 Å². The van der Waals surface area contributed by atoms with Crippen LogP contribution in [0, 0.1) is 5.92 Å². The highest BCUT2D eigenvalue weighted by atomic mass is 16.5. The zero-order valence-corrected chi connectivity index (χ0v) is 8.95. The molecule has 2 unspecified atom stereocenters. The van der Waals surface area contributed by atoms with Crippen LogP contribution in [0.1, 0.15) is 44.8 Å². The summed E-state index contributed by atoms with van der Waals surface area (Å²) in [4.78, 5) is 4.35. The van der Waals surface area contributed by atoms with Gasteiger partial charge in [-0.15, -0.1) is 0 Å². The van der Waals surface area contributed by atoms with E-state index in [1.165, 1.54) is 6.42 Å². The highest BCUT2D eigenvalue weighted by molar-refractivity contribution is 5.07. The first kappa shape index (κ1) is 9.65. The van der Waals surface area contributed by atoms with Gasteiger partial charge in [-0.2, -0.15) is 4.98 Å². The molecule has 0 aliphatic heterocycles. The van der Waals surface area contributed by atoms with E-state index in [-0.39, 0.29) is 0 Å². The van der Waals surface area contributed by atoms with E-state index in [1.54, 1.807) is 0 Å². The zero-order chi connectivity index (χ0) is 10.1. The summed E-state index contributed by atoms with van der Waals surface area (Å²) in [7, 11) is 0. The molecule has 0 radical (unpaired) electrons. The van der Waals surface area contributed by atoms with Gasteiger partial charge >= 0.3 is 0 Å². The van der Waals surface area contributed by atoms with E-state index in [9.17, 15) is 0 Å². The van der Waals surface area contributed by atoms with Crippen LogP contribution in [0.25, 0.3) is 0 Å². The molecule has 1 fully saturated rings. The molecule has 0 saturated heterocycles. The van der Waals surface area contributed by atoms with Gasteiger partial charge in [0.25, 0.3) is 0 Å². The maximum Gasteiger partial charge on any atom is 0.240 e. The molecule has 0 amide bonds. The molecule has 4 heteroatoms. The fourth-order valence-electron chi connectivity index (χ4n) is 1.46. The Bertz CT molecular complexity index is 308. The number of hydrogen-bond donors (Lipinski definition) is 1. The van der Waals surface area contributed by atoms with Crippen LogP contribution in [-0.4, -0.2) is 16.2 Å². The molecule has 78 valence electrons. The van der Waals surface area contributed by atoms with Gasteiger partial charge in [-0.3, -0.25) is 0 Å². The van der Waals surface area contributed by atoms with Crippen LogP contribution in [0.5, 0.6) is 0 Å². The van der Waals surface area contributed by atoms with E-state index >= 15 is 0 Å². The molecule has 1 aromatic rings. The Morgan fingerprint density at radius 2 is 2.29 bits per heavy atom. The molecule has 1 N–H and O–H groups in total. The molecular formula is C10H17N3O. The Hall–Kier alpha value is -0.900. The molecule has 14 heavy (non-hydrogen) atoms. The minimum Gasteiger partial charge on any atom is -0.338 e. The third-order valence-corrected chi connectivity index (χ3v) is 2.59. The highest BCUT2D eigenvalue weighted by Crippen LogP contribution is 2.45. The maximum atomic E-state index is 5.14. The van der Waals surface area contributed by atoms with Crippen LogP contribution >= 0.6 is 0 Å². The summed E-state index contributed by atoms with van der Waals surface area (Å²) < 4.78 is 5.14. The van der Waals surface area contributed by atoms with E-state index in [0.29, 0.717) is 24.4 Å². The second kappa shape index (κ2) is 3.69. The lowest BCUT2D eigenvalue weighted by molar-refractivity contribution is 0.357. The van der Waals surface area contributed by atoms with E-state index < -0.39 is 0 Å². The minimum absolute atomic E-state index is 0.449. The lowest BCUT2D eigenvalue weighted by atomic mass is 10.3. The predicted molar refractivity (Wildman–Crippen MR) is 52.8 cm³/mol. The Kier molecular flexibility index (Phi) is 2.54. The number of rotatable bonds is 4. The minimum atomic E-state index is 0.449. The Labute approximate surface area is 84.1 Å². The molecule has 4 nitrogen and oxygen atoms in total. The summed E-state index contributed by atoms with van der Waals surface area (Å²) in [5.41, 5.74) is 0. The van der Waals surface area contributed by atoms with Crippen molar-refractivity contribution in [1.82, 2.24) is 15.5 Å². The van der Waals surface area contributed by atoms with Gasteiger partial charge in [0, 0.05) is 12.0 Å². The first-order valence-electron chi connectivity index (χ1n) is 5.22. The van der Waals surface area contributed by atoms with Crippen molar-refractivity contribution in [1.29, 1.82) is 0 Å². The molecule has 1 aliphatic carbocycles. The smallest absolute Gasteiger partial charge is 0.240 e. The summed E-state index contributed by atoms with van der Waals surface area (Å²) in [6.07, 6.45) is 1.20. The highest BCUT2D eigenvalue weighted by Gasteiger charge is 2.37. The van der Waals surface area contributed by atoms with E-state index in [1.807, 2.05) is 0 Å². The van der Waals surface area contributed by atoms with Crippen LogP contribution in [-0.2, 0) is 6.54 Å². The van der Waals surface area contributed by atoms with E-state index in [4.69, 9.17) is 4.52 Å². The van der Waals surface area contributed by atoms with Crippen molar-refractivity contribution in [2.75, 3.05) is 0 Å². The van der Waals surface area contributed by atoms with Gasteiger partial charge in [0.2, 0.25) is 5.89 Å². The van der Waals surface area contributed by atoms with E-state index in [2.05, 4.69) is 36.2 Å². The van der Waals surface area contributed by atoms with Gasteiger partial charge in [0.05, 0.1) is 6.54 Å². The fourth-order valence-corrected chi connectivity index (χ4v) is 1.46. The predicted octanol–water partition coefficient (Wildman–Crippen LogP) is 1.69. The van der Waals surface area contributed by atoms with E-state index in [0.717, 1.165) is 11.7 Å². The number of aromatic nitrogens is 2. The first-order chi connectivity index (χ1) is 6.66. The third kappa shape index (κ3) is 2.12. The van der Waals surface area contributed by atoms with Gasteiger partial charge in [0.1, 0.15) is 0 Å². The van der Waals surface area contributed by atoms with Gasteiger partial charge in [-0.1, -0.05) is 25.9 Å². The summed E-state index contributed by atoms with van der Waals surface area (Å²) in [5, 5.41) is 7.23. The molecule has 1 aliphatic rings. The van der Waals surface area contributed by atoms with Gasteiger partial charge < -0.3 is 9.84 Å². The topological polar surface area (TPSA) is 51.0 Å². The van der Waals surface area contributed by atoms with Crippen LogP contribution < -0.4 is 5.32 Å². The fraction of sp³-hybridized carbons (Fsp3) is 0.800. The molecule has 1 heterocycles. The molecule has 0 spiro atoms. The van der Waals surface area contributed by atoms with Crippen molar-refractivity contribution < 1.29 is 4.52 Å². The lowest BCUT2D eigenvalue weighted by Crippen LogP contribution is -2.21. The quantitative estimate of drug-likeness (QED) is 0.794. The Morgan fingerprint density at radius 1 is 1.57 bits per heavy atom. The molecule has 2 rings (SSSR count). The molecule has 1 aromatic heterocycles.